The van der Waals surface area contributed by atoms with Gasteiger partial charge in [-0.15, -0.1) is 0 Å². The summed E-state index contributed by atoms with van der Waals surface area (Å²) in [4.78, 5) is 36.8. The molecular weight excluding hydrogens is 244 g/mol. The Balaban J connectivity index is 2.41. The van der Waals surface area contributed by atoms with Crippen molar-refractivity contribution in [1.82, 2.24) is 10.2 Å². The number of nitrogens with zero attached hydrogens (tertiary/aromatic N) is 1. The van der Waals surface area contributed by atoms with Crippen molar-refractivity contribution in [1.29, 1.82) is 0 Å². The van der Waals surface area contributed by atoms with Gasteiger partial charge in [-0.3, -0.25) is 19.3 Å². The Morgan fingerprint density at radius 1 is 1.42 bits per heavy atom. The maximum atomic E-state index is 12.5. The minimum absolute atomic E-state index is 0.0351. The van der Waals surface area contributed by atoms with E-state index in [1.165, 1.54) is 0 Å². The van der Waals surface area contributed by atoms with Crippen LogP contribution in [0.3, 0.4) is 0 Å². The minimum atomic E-state index is -3.25. The fraction of sp³-hybridized carbons (Fsp3) is 0.357. The van der Waals surface area contributed by atoms with Gasteiger partial charge in [0.25, 0.3) is 0 Å². The number of amides is 3. The van der Waals surface area contributed by atoms with Gasteiger partial charge < -0.3 is 5.32 Å². The SMILES string of the molecule is [2H]c1c([2H])c([2H])c(C([2H])([2H])NC(=O)C(C)N2C(=O)C([2H])([2H])C([2H])([2H])C2=O)c([2H])c1[2H]. The van der Waals surface area contributed by atoms with E-state index >= 15 is 0 Å². The molecule has 1 aromatic rings. The first kappa shape index (κ1) is 5.07. The highest BCUT2D eigenvalue weighted by atomic mass is 16.2. The third-order valence-electron chi connectivity index (χ3n) is 2.29. The molecule has 2 rings (SSSR count). The highest BCUT2D eigenvalue weighted by Gasteiger charge is 2.35. The third kappa shape index (κ3) is 2.99. The number of carbonyl (C=O) groups is 3. The summed E-state index contributed by atoms with van der Waals surface area (Å²) < 4.78 is 84.3. The van der Waals surface area contributed by atoms with Crippen LogP contribution in [0, 0.1) is 0 Å². The second-order valence-corrected chi connectivity index (χ2v) is 3.52. The Morgan fingerprint density at radius 2 is 2.00 bits per heavy atom. The Morgan fingerprint density at radius 3 is 2.58 bits per heavy atom. The largest absolute Gasteiger partial charge is 0.350 e. The van der Waals surface area contributed by atoms with Gasteiger partial charge in [0.05, 0.1) is 9.60 Å². The fourth-order valence-electron chi connectivity index (χ4n) is 1.33. The van der Waals surface area contributed by atoms with Gasteiger partial charge in [0, 0.05) is 24.7 Å². The van der Waals surface area contributed by atoms with Crippen molar-refractivity contribution in [3.8, 4) is 0 Å². The number of hydrogen-bond donors (Lipinski definition) is 1. The lowest BCUT2D eigenvalue weighted by molar-refractivity contribution is -0.146. The number of hydrogen-bond acceptors (Lipinski definition) is 3. The molecular formula is C14H16N2O3. The number of carbonyl (C=O) groups excluding carboxylic acids is 3. The van der Waals surface area contributed by atoms with E-state index in [2.05, 4.69) is 0 Å². The zero-order valence-electron chi connectivity index (χ0n) is 20.7. The second-order valence-electron chi connectivity index (χ2n) is 3.52. The first-order chi connectivity index (χ1) is 13.4. The van der Waals surface area contributed by atoms with Crippen LogP contribution in [0.2, 0.25) is 0 Å². The molecule has 5 heteroatoms. The van der Waals surface area contributed by atoms with E-state index in [1.54, 1.807) is 5.32 Å². The molecule has 1 atom stereocenters. The molecule has 1 unspecified atom stereocenters. The Kier molecular flexibility index (Phi) is 1.51. The van der Waals surface area contributed by atoms with Crippen LogP contribution in [-0.4, -0.2) is 28.7 Å². The number of nitrogens with one attached hydrogen (secondary N) is 1. The third-order valence-corrected chi connectivity index (χ3v) is 2.29. The van der Waals surface area contributed by atoms with Crippen LogP contribution in [0.4, 0.5) is 0 Å². The Labute approximate surface area is 127 Å². The molecule has 0 saturated carbocycles. The van der Waals surface area contributed by atoms with E-state index in [1.807, 2.05) is 0 Å². The molecule has 5 nitrogen and oxygen atoms in total. The summed E-state index contributed by atoms with van der Waals surface area (Å²) in [5, 5.41) is 1.74. The van der Waals surface area contributed by atoms with Crippen LogP contribution >= 0.6 is 0 Å². The summed E-state index contributed by atoms with van der Waals surface area (Å²) in [6.07, 6.45) is -6.49. The molecule has 3 amide bonds. The van der Waals surface area contributed by atoms with E-state index in [9.17, 15) is 14.4 Å². The molecule has 19 heavy (non-hydrogen) atoms. The monoisotopic (exact) mass is 271 g/mol. The summed E-state index contributed by atoms with van der Waals surface area (Å²) in [6.45, 7) is -2.11. The van der Waals surface area contributed by atoms with E-state index in [-0.39, 0.29) is 4.90 Å². The highest BCUT2D eigenvalue weighted by Crippen LogP contribution is 2.15. The van der Waals surface area contributed by atoms with Crippen molar-refractivity contribution in [2.24, 2.45) is 0 Å². The molecule has 1 fully saturated rings. The lowest BCUT2D eigenvalue weighted by Gasteiger charge is -2.21. The lowest BCUT2D eigenvalue weighted by Crippen LogP contribution is -2.47. The summed E-state index contributed by atoms with van der Waals surface area (Å²) in [7, 11) is 0. The summed E-state index contributed by atoms with van der Waals surface area (Å²) in [5.41, 5.74) is -0.890. The van der Waals surface area contributed by atoms with Gasteiger partial charge in [-0.2, -0.15) is 0 Å². The van der Waals surface area contributed by atoms with Crippen LogP contribution in [0.15, 0.2) is 30.2 Å². The van der Waals surface area contributed by atoms with Crippen molar-refractivity contribution >= 4 is 17.7 Å². The number of imide groups is 1. The highest BCUT2D eigenvalue weighted by molar-refractivity contribution is 6.05. The number of rotatable bonds is 4. The summed E-state index contributed by atoms with van der Waals surface area (Å²) >= 11 is 0. The number of benzene rings is 1. The van der Waals surface area contributed by atoms with Gasteiger partial charge in [0.2, 0.25) is 17.7 Å². The van der Waals surface area contributed by atoms with Crippen LogP contribution < -0.4 is 5.32 Å². The standard InChI is InChI=1S/C14H16N2O3/c1-10(16-12(17)7-8-13(16)18)14(19)15-9-11-5-3-2-4-6-11/h2-6,10H,7-9H2,1H3,(H,15,19)/i2D,3D,4D,5D,6D,7D2,8D2,9D2. The van der Waals surface area contributed by atoms with Crippen molar-refractivity contribution < 1.29 is 29.5 Å². The normalized spacial score (nSPS) is 31.0. The molecule has 0 radical (unpaired) electrons. The predicted octanol–water partition coefficient (Wildman–Crippen LogP) is 0.840. The lowest BCUT2D eigenvalue weighted by atomic mass is 10.2. The van der Waals surface area contributed by atoms with Gasteiger partial charge in [-0.25, -0.2) is 0 Å². The van der Waals surface area contributed by atoms with E-state index in [0.29, 0.717) is 0 Å². The predicted molar refractivity (Wildman–Crippen MR) is 68.8 cm³/mol. The summed E-state index contributed by atoms with van der Waals surface area (Å²) in [6, 6.07) is -6.15. The topological polar surface area (TPSA) is 66.5 Å². The smallest absolute Gasteiger partial charge is 0.243 e. The molecule has 0 bridgehead atoms. The van der Waals surface area contributed by atoms with E-state index < -0.39 is 78.8 Å². The van der Waals surface area contributed by atoms with Crippen molar-refractivity contribution in [2.75, 3.05) is 0 Å². The quantitative estimate of drug-likeness (QED) is 0.825. The van der Waals surface area contributed by atoms with Gasteiger partial charge >= 0.3 is 0 Å². The zero-order chi connectivity index (χ0) is 23.6. The van der Waals surface area contributed by atoms with Crippen LogP contribution in [0.25, 0.3) is 0 Å². The maximum absolute atomic E-state index is 12.5. The zero-order valence-corrected chi connectivity index (χ0v) is 9.75. The molecule has 1 heterocycles. The molecule has 0 aliphatic carbocycles. The van der Waals surface area contributed by atoms with Gasteiger partial charge in [-0.05, 0) is 12.5 Å². The average Bonchev–Trinajstić information content (AvgIpc) is 2.74. The first-order valence-electron chi connectivity index (χ1n) is 10.7. The van der Waals surface area contributed by atoms with E-state index in [4.69, 9.17) is 15.1 Å². The minimum Gasteiger partial charge on any atom is -0.350 e. The molecule has 1 saturated heterocycles. The second kappa shape index (κ2) is 5.65. The van der Waals surface area contributed by atoms with Gasteiger partial charge in [0.1, 0.15) is 6.04 Å². The van der Waals surface area contributed by atoms with Crippen LogP contribution in [0.5, 0.6) is 0 Å². The van der Waals surface area contributed by atoms with Crippen molar-refractivity contribution in [3.05, 3.63) is 35.8 Å². The van der Waals surface area contributed by atoms with E-state index in [0.717, 1.165) is 6.92 Å². The molecule has 1 aliphatic rings. The van der Waals surface area contributed by atoms with Gasteiger partial charge in [-0.1, -0.05) is 30.2 Å². The Bertz CT molecular complexity index is 908. The summed E-state index contributed by atoms with van der Waals surface area (Å²) in [5.74, 6) is -4.62. The van der Waals surface area contributed by atoms with Gasteiger partial charge in [0.15, 0.2) is 0 Å². The average molecular weight is 271 g/mol. The molecule has 1 aromatic carbocycles. The molecule has 1 N–H and O–H groups in total. The molecule has 0 spiro atoms. The van der Waals surface area contributed by atoms with Crippen LogP contribution in [0.1, 0.15) is 40.3 Å². The van der Waals surface area contributed by atoms with Crippen molar-refractivity contribution in [3.63, 3.8) is 0 Å². The number of likely N-dealkylation sites (tertiary alicyclic amines) is 1. The first-order valence-corrected chi connectivity index (χ1v) is 5.18. The molecule has 100 valence electrons. The molecule has 0 aromatic heterocycles. The van der Waals surface area contributed by atoms with Crippen molar-refractivity contribution in [2.45, 2.75) is 32.2 Å². The van der Waals surface area contributed by atoms with Crippen LogP contribution in [-0.2, 0) is 20.9 Å². The molecule has 1 aliphatic heterocycles. The fourth-order valence-corrected chi connectivity index (χ4v) is 1.33. The maximum Gasteiger partial charge on any atom is 0.243 e. The Hall–Kier alpha value is -2.17.